The number of nitrogens with one attached hydrogen (secondary N) is 1. The van der Waals surface area contributed by atoms with Crippen LogP contribution >= 0.6 is 0 Å². The van der Waals surface area contributed by atoms with E-state index in [0.29, 0.717) is 0 Å². The minimum absolute atomic E-state index is 0.0365. The summed E-state index contributed by atoms with van der Waals surface area (Å²) in [6.45, 7) is 11.9. The summed E-state index contributed by atoms with van der Waals surface area (Å²) in [7, 11) is 0. The highest BCUT2D eigenvalue weighted by molar-refractivity contribution is 5.88. The smallest absolute Gasteiger partial charge is 0.277 e. The van der Waals surface area contributed by atoms with Crippen LogP contribution in [0.1, 0.15) is 38.8 Å². The molecule has 4 nitrogen and oxygen atoms in total. The van der Waals surface area contributed by atoms with Crippen molar-refractivity contribution >= 4 is 11.6 Å². The van der Waals surface area contributed by atoms with E-state index < -0.39 is 0 Å². The van der Waals surface area contributed by atoms with Gasteiger partial charge in [0, 0.05) is 11.1 Å². The van der Waals surface area contributed by atoms with Crippen LogP contribution in [-0.4, -0.2) is 18.2 Å². The minimum atomic E-state index is -0.255. The fourth-order valence-corrected chi connectivity index (χ4v) is 1.35. The predicted molar refractivity (Wildman–Crippen MR) is 82.1 cm³/mol. The third-order valence-corrected chi connectivity index (χ3v) is 3.14. The van der Waals surface area contributed by atoms with Crippen LogP contribution in [0.2, 0.25) is 0 Å². The van der Waals surface area contributed by atoms with Crippen LogP contribution in [0.3, 0.4) is 0 Å². The quantitative estimate of drug-likeness (QED) is 0.678. The van der Waals surface area contributed by atoms with Gasteiger partial charge in [0.15, 0.2) is 6.61 Å². The average molecular weight is 276 g/mol. The number of rotatable bonds is 4. The van der Waals surface area contributed by atoms with Gasteiger partial charge in [-0.25, -0.2) is 5.43 Å². The topological polar surface area (TPSA) is 50.7 Å². The van der Waals surface area contributed by atoms with E-state index in [4.69, 9.17) is 4.74 Å². The first-order valence-corrected chi connectivity index (χ1v) is 6.74. The highest BCUT2D eigenvalue weighted by atomic mass is 16.5. The number of hydrogen-bond donors (Lipinski definition) is 1. The molecule has 0 aliphatic rings. The van der Waals surface area contributed by atoms with Gasteiger partial charge >= 0.3 is 0 Å². The maximum Gasteiger partial charge on any atom is 0.277 e. The zero-order valence-electron chi connectivity index (χ0n) is 13.2. The second-order valence-electron chi connectivity index (χ2n) is 6.04. The Morgan fingerprint density at radius 2 is 1.95 bits per heavy atom. The summed E-state index contributed by atoms with van der Waals surface area (Å²) in [6, 6.07) is 5.91. The number of hydrogen-bond acceptors (Lipinski definition) is 3. The van der Waals surface area contributed by atoms with Crippen LogP contribution in [0.5, 0.6) is 5.75 Å². The lowest BCUT2D eigenvalue weighted by Crippen LogP contribution is -2.28. The summed E-state index contributed by atoms with van der Waals surface area (Å²) < 4.78 is 5.52. The standard InChI is InChI=1S/C16H24N2O2/c1-11-7-8-12(2)14(9-11)20-10-15(19)18-17-13(3)16(4,5)6/h7-9H,10H2,1-6H3,(H,18,19). The van der Waals surface area contributed by atoms with Crippen LogP contribution in [0.25, 0.3) is 0 Å². The SMILES string of the molecule is CC(=NNC(=O)COc1cc(C)ccc1C)C(C)(C)C. The van der Waals surface area contributed by atoms with Gasteiger partial charge < -0.3 is 4.74 Å². The molecule has 1 N–H and O–H groups in total. The van der Waals surface area contributed by atoms with Crippen molar-refractivity contribution in [3.63, 3.8) is 0 Å². The molecule has 0 saturated carbocycles. The molecule has 110 valence electrons. The number of hydrazone groups is 1. The second-order valence-corrected chi connectivity index (χ2v) is 6.04. The van der Waals surface area contributed by atoms with Crippen molar-refractivity contribution in [1.29, 1.82) is 0 Å². The van der Waals surface area contributed by atoms with E-state index >= 15 is 0 Å². The third kappa shape index (κ3) is 5.03. The van der Waals surface area contributed by atoms with Gasteiger partial charge in [-0.15, -0.1) is 0 Å². The molecule has 0 aliphatic carbocycles. The molecular formula is C16H24N2O2. The highest BCUT2D eigenvalue weighted by Gasteiger charge is 2.14. The summed E-state index contributed by atoms with van der Waals surface area (Å²) in [5.74, 6) is 0.478. The average Bonchev–Trinajstić information content (AvgIpc) is 2.35. The van der Waals surface area contributed by atoms with Crippen molar-refractivity contribution in [2.75, 3.05) is 6.61 Å². The Balaban J connectivity index is 2.54. The number of carbonyl (C=O) groups excluding carboxylic acids is 1. The zero-order valence-corrected chi connectivity index (χ0v) is 13.2. The lowest BCUT2D eigenvalue weighted by Gasteiger charge is -2.17. The van der Waals surface area contributed by atoms with E-state index in [1.807, 2.05) is 59.7 Å². The number of nitrogens with zero attached hydrogens (tertiary/aromatic N) is 1. The fraction of sp³-hybridized carbons (Fsp3) is 0.500. The molecule has 1 aromatic carbocycles. The molecule has 1 aromatic rings. The first-order valence-electron chi connectivity index (χ1n) is 6.74. The molecule has 0 heterocycles. The molecule has 0 aromatic heterocycles. The number of benzene rings is 1. The molecule has 0 fully saturated rings. The summed E-state index contributed by atoms with van der Waals surface area (Å²) >= 11 is 0. The van der Waals surface area contributed by atoms with E-state index in [-0.39, 0.29) is 17.9 Å². The highest BCUT2D eigenvalue weighted by Crippen LogP contribution is 2.19. The molecule has 1 amide bonds. The Labute approximate surface area is 121 Å². The van der Waals surface area contributed by atoms with Crippen molar-refractivity contribution < 1.29 is 9.53 Å². The van der Waals surface area contributed by atoms with Crippen molar-refractivity contribution in [3.8, 4) is 5.75 Å². The Kier molecular flexibility index (Phi) is 5.31. The molecule has 0 bridgehead atoms. The van der Waals surface area contributed by atoms with Crippen LogP contribution in [-0.2, 0) is 4.79 Å². The Morgan fingerprint density at radius 1 is 1.30 bits per heavy atom. The van der Waals surface area contributed by atoms with E-state index in [1.165, 1.54) is 0 Å². The second kappa shape index (κ2) is 6.55. The monoisotopic (exact) mass is 276 g/mol. The van der Waals surface area contributed by atoms with Gasteiger partial charge in [-0.05, 0) is 38.0 Å². The van der Waals surface area contributed by atoms with Crippen LogP contribution < -0.4 is 10.2 Å². The fourth-order valence-electron chi connectivity index (χ4n) is 1.35. The molecule has 1 rings (SSSR count). The third-order valence-electron chi connectivity index (χ3n) is 3.14. The largest absolute Gasteiger partial charge is 0.483 e. The van der Waals surface area contributed by atoms with E-state index in [9.17, 15) is 4.79 Å². The Hall–Kier alpha value is -1.84. The number of ether oxygens (including phenoxy) is 1. The molecule has 0 radical (unpaired) electrons. The molecule has 0 atom stereocenters. The summed E-state index contributed by atoms with van der Waals surface area (Å²) in [4.78, 5) is 11.7. The molecule has 0 unspecified atom stereocenters. The first-order chi connectivity index (χ1) is 9.20. The maximum atomic E-state index is 11.7. The van der Waals surface area contributed by atoms with Crippen molar-refractivity contribution in [3.05, 3.63) is 29.3 Å². The zero-order chi connectivity index (χ0) is 15.3. The van der Waals surface area contributed by atoms with Crippen molar-refractivity contribution in [2.24, 2.45) is 10.5 Å². The normalized spacial score (nSPS) is 12.2. The first kappa shape index (κ1) is 16.2. The van der Waals surface area contributed by atoms with E-state index in [1.54, 1.807) is 0 Å². The summed E-state index contributed by atoms with van der Waals surface area (Å²) in [6.07, 6.45) is 0. The Bertz CT molecular complexity index is 514. The van der Waals surface area contributed by atoms with E-state index in [0.717, 1.165) is 22.6 Å². The maximum absolute atomic E-state index is 11.7. The number of carbonyl (C=O) groups is 1. The van der Waals surface area contributed by atoms with Gasteiger partial charge in [-0.1, -0.05) is 32.9 Å². The molecule has 0 spiro atoms. The number of amides is 1. The molecular weight excluding hydrogens is 252 g/mol. The van der Waals surface area contributed by atoms with Crippen LogP contribution in [0.4, 0.5) is 0 Å². The Morgan fingerprint density at radius 3 is 2.55 bits per heavy atom. The van der Waals surface area contributed by atoms with Gasteiger partial charge in [0.25, 0.3) is 5.91 Å². The summed E-state index contributed by atoms with van der Waals surface area (Å²) in [5, 5.41) is 4.08. The number of aryl methyl sites for hydroxylation is 2. The van der Waals surface area contributed by atoms with Gasteiger partial charge in [0.1, 0.15) is 5.75 Å². The summed E-state index contributed by atoms with van der Waals surface area (Å²) in [5.41, 5.74) is 5.45. The van der Waals surface area contributed by atoms with Crippen LogP contribution in [0, 0.1) is 19.3 Å². The molecule has 0 saturated heterocycles. The predicted octanol–water partition coefficient (Wildman–Crippen LogP) is 3.22. The molecule has 4 heteroatoms. The molecule has 0 aliphatic heterocycles. The van der Waals surface area contributed by atoms with Gasteiger partial charge in [0.2, 0.25) is 0 Å². The van der Waals surface area contributed by atoms with E-state index in [2.05, 4.69) is 10.5 Å². The lowest BCUT2D eigenvalue weighted by atomic mass is 9.91. The molecule has 20 heavy (non-hydrogen) atoms. The minimum Gasteiger partial charge on any atom is -0.483 e. The lowest BCUT2D eigenvalue weighted by molar-refractivity contribution is -0.123. The van der Waals surface area contributed by atoms with Crippen molar-refractivity contribution in [2.45, 2.75) is 41.5 Å². The van der Waals surface area contributed by atoms with Crippen molar-refractivity contribution in [1.82, 2.24) is 5.43 Å². The van der Waals surface area contributed by atoms with Gasteiger partial charge in [-0.2, -0.15) is 5.10 Å². The van der Waals surface area contributed by atoms with Gasteiger partial charge in [-0.3, -0.25) is 4.79 Å². The van der Waals surface area contributed by atoms with Gasteiger partial charge in [0.05, 0.1) is 0 Å². The van der Waals surface area contributed by atoms with Crippen LogP contribution in [0.15, 0.2) is 23.3 Å².